The van der Waals surface area contributed by atoms with Gasteiger partial charge in [0.25, 0.3) is 0 Å². The third-order valence-corrected chi connectivity index (χ3v) is 4.66. The highest BCUT2D eigenvalue weighted by molar-refractivity contribution is 5.68. The molecule has 0 bridgehead atoms. The molecule has 1 amide bonds. The number of ether oxygens (including phenoxy) is 1. The van der Waals surface area contributed by atoms with E-state index >= 15 is 0 Å². The van der Waals surface area contributed by atoms with Crippen LogP contribution in [0.1, 0.15) is 64.5 Å². The van der Waals surface area contributed by atoms with E-state index in [0.29, 0.717) is 6.04 Å². The summed E-state index contributed by atoms with van der Waals surface area (Å²) in [7, 11) is 0. The standard InChI is InChI=1S/C20H32N2O3/c1-19(2,3)25-18(24)22-20(4)10-8-17(9-11-20)21-13-15-6-5-7-16(12-15)14-23/h5-7,12,17,21,23H,8-11,13-14H2,1-4H3,(H,22,24). The van der Waals surface area contributed by atoms with Gasteiger partial charge in [0.15, 0.2) is 0 Å². The van der Waals surface area contributed by atoms with Gasteiger partial charge in [0.05, 0.1) is 6.61 Å². The quantitative estimate of drug-likeness (QED) is 0.762. The van der Waals surface area contributed by atoms with Gasteiger partial charge in [-0.15, -0.1) is 0 Å². The van der Waals surface area contributed by atoms with Gasteiger partial charge in [-0.3, -0.25) is 0 Å². The number of alkyl carbamates (subject to hydrolysis) is 1. The summed E-state index contributed by atoms with van der Waals surface area (Å²) >= 11 is 0. The predicted molar refractivity (Wildman–Crippen MR) is 99.2 cm³/mol. The van der Waals surface area contributed by atoms with Crippen molar-refractivity contribution in [3.8, 4) is 0 Å². The molecule has 0 saturated heterocycles. The Morgan fingerprint density at radius 1 is 1.28 bits per heavy atom. The van der Waals surface area contributed by atoms with Crippen LogP contribution in [0, 0.1) is 0 Å². The summed E-state index contributed by atoms with van der Waals surface area (Å²) in [6.07, 6.45) is 3.57. The molecule has 25 heavy (non-hydrogen) atoms. The number of hydrogen-bond donors (Lipinski definition) is 3. The van der Waals surface area contributed by atoms with Crippen LogP contribution in [0.25, 0.3) is 0 Å². The van der Waals surface area contributed by atoms with Crippen LogP contribution >= 0.6 is 0 Å². The lowest BCUT2D eigenvalue weighted by molar-refractivity contribution is 0.0431. The highest BCUT2D eigenvalue weighted by Crippen LogP contribution is 2.28. The van der Waals surface area contributed by atoms with E-state index in [2.05, 4.69) is 23.6 Å². The number of carbonyl (C=O) groups excluding carboxylic acids is 1. The van der Waals surface area contributed by atoms with Gasteiger partial charge >= 0.3 is 6.09 Å². The molecule has 0 radical (unpaired) electrons. The van der Waals surface area contributed by atoms with Crippen molar-refractivity contribution in [3.05, 3.63) is 35.4 Å². The van der Waals surface area contributed by atoms with Crippen molar-refractivity contribution in [1.29, 1.82) is 0 Å². The van der Waals surface area contributed by atoms with Crippen LogP contribution < -0.4 is 10.6 Å². The van der Waals surface area contributed by atoms with Crippen molar-refractivity contribution >= 4 is 6.09 Å². The summed E-state index contributed by atoms with van der Waals surface area (Å²) in [6, 6.07) is 8.46. The smallest absolute Gasteiger partial charge is 0.408 e. The zero-order chi connectivity index (χ0) is 18.5. The first-order chi connectivity index (χ1) is 11.7. The average molecular weight is 348 g/mol. The largest absolute Gasteiger partial charge is 0.444 e. The minimum atomic E-state index is -0.470. The van der Waals surface area contributed by atoms with Gasteiger partial charge in [0.1, 0.15) is 5.60 Å². The monoisotopic (exact) mass is 348 g/mol. The molecule has 1 aromatic carbocycles. The molecule has 0 atom stereocenters. The third-order valence-electron chi connectivity index (χ3n) is 4.66. The molecule has 1 saturated carbocycles. The lowest BCUT2D eigenvalue weighted by Gasteiger charge is -2.38. The summed E-state index contributed by atoms with van der Waals surface area (Å²) in [5.41, 5.74) is 1.46. The van der Waals surface area contributed by atoms with Crippen LogP contribution in [-0.2, 0) is 17.9 Å². The molecule has 0 aliphatic heterocycles. The van der Waals surface area contributed by atoms with Crippen molar-refractivity contribution in [1.82, 2.24) is 10.6 Å². The lowest BCUT2D eigenvalue weighted by atomic mass is 9.81. The molecule has 5 nitrogen and oxygen atoms in total. The van der Waals surface area contributed by atoms with E-state index in [4.69, 9.17) is 4.74 Å². The van der Waals surface area contributed by atoms with Crippen molar-refractivity contribution in [3.63, 3.8) is 0 Å². The van der Waals surface area contributed by atoms with Crippen LogP contribution in [0.5, 0.6) is 0 Å². The third kappa shape index (κ3) is 6.67. The predicted octanol–water partition coefficient (Wildman–Crippen LogP) is 3.49. The van der Waals surface area contributed by atoms with E-state index in [-0.39, 0.29) is 18.2 Å². The second-order valence-electron chi connectivity index (χ2n) is 8.32. The Morgan fingerprint density at radius 2 is 1.92 bits per heavy atom. The van der Waals surface area contributed by atoms with Crippen LogP contribution in [0.2, 0.25) is 0 Å². The SMILES string of the molecule is CC1(NC(=O)OC(C)(C)C)CCC(NCc2cccc(CO)c2)CC1. The van der Waals surface area contributed by atoms with Gasteiger partial charge < -0.3 is 20.5 Å². The Morgan fingerprint density at radius 3 is 2.52 bits per heavy atom. The van der Waals surface area contributed by atoms with Crippen molar-refractivity contribution in [2.45, 2.75) is 83.7 Å². The molecule has 1 aliphatic rings. The number of carbonyl (C=O) groups is 1. The molecule has 1 fully saturated rings. The number of aliphatic hydroxyl groups is 1. The molecule has 1 aliphatic carbocycles. The summed E-state index contributed by atoms with van der Waals surface area (Å²) in [5, 5.41) is 15.9. The molecule has 3 N–H and O–H groups in total. The number of aliphatic hydroxyl groups excluding tert-OH is 1. The minimum Gasteiger partial charge on any atom is -0.444 e. The zero-order valence-corrected chi connectivity index (χ0v) is 15.9. The molecular weight excluding hydrogens is 316 g/mol. The van der Waals surface area contributed by atoms with Crippen LogP contribution in [0.4, 0.5) is 4.79 Å². The van der Waals surface area contributed by atoms with Crippen molar-refractivity contribution in [2.24, 2.45) is 0 Å². The van der Waals surface area contributed by atoms with Crippen LogP contribution in [0.15, 0.2) is 24.3 Å². The van der Waals surface area contributed by atoms with E-state index in [1.54, 1.807) is 0 Å². The number of nitrogens with one attached hydrogen (secondary N) is 2. The normalized spacial score (nSPS) is 24.0. The van der Waals surface area contributed by atoms with Gasteiger partial charge in [0.2, 0.25) is 0 Å². The Labute approximate surface area is 151 Å². The first-order valence-corrected chi connectivity index (χ1v) is 9.12. The van der Waals surface area contributed by atoms with E-state index < -0.39 is 5.60 Å². The van der Waals surface area contributed by atoms with Crippen LogP contribution in [-0.4, -0.2) is 28.4 Å². The Balaban J connectivity index is 1.77. The number of amides is 1. The number of rotatable bonds is 5. The van der Waals surface area contributed by atoms with Crippen LogP contribution in [0.3, 0.4) is 0 Å². The Kier molecular flexibility index (Phi) is 6.47. The second kappa shape index (κ2) is 8.19. The Bertz CT molecular complexity index is 573. The fraction of sp³-hybridized carbons (Fsp3) is 0.650. The molecule has 140 valence electrons. The first kappa shape index (κ1) is 19.7. The molecule has 0 spiro atoms. The highest BCUT2D eigenvalue weighted by atomic mass is 16.6. The van der Waals surface area contributed by atoms with E-state index in [1.165, 1.54) is 5.56 Å². The molecule has 2 rings (SSSR count). The summed E-state index contributed by atoms with van der Waals surface area (Å²) < 4.78 is 5.37. The van der Waals surface area contributed by atoms with Crippen molar-refractivity contribution in [2.75, 3.05) is 0 Å². The van der Waals surface area contributed by atoms with Gasteiger partial charge in [-0.05, 0) is 64.5 Å². The van der Waals surface area contributed by atoms with Gasteiger partial charge in [0, 0.05) is 18.1 Å². The first-order valence-electron chi connectivity index (χ1n) is 9.12. The molecule has 5 heteroatoms. The maximum Gasteiger partial charge on any atom is 0.408 e. The minimum absolute atomic E-state index is 0.0754. The molecule has 0 unspecified atom stereocenters. The second-order valence-corrected chi connectivity index (χ2v) is 8.32. The average Bonchev–Trinajstić information content (AvgIpc) is 2.52. The Hall–Kier alpha value is -1.59. The fourth-order valence-corrected chi connectivity index (χ4v) is 3.23. The summed E-state index contributed by atoms with van der Waals surface area (Å²) in [5.74, 6) is 0. The molecular formula is C20H32N2O3. The molecule has 0 heterocycles. The van der Waals surface area contributed by atoms with E-state index in [9.17, 15) is 9.90 Å². The summed E-state index contributed by atoms with van der Waals surface area (Å²) in [6.45, 7) is 8.60. The number of benzene rings is 1. The van der Waals surface area contributed by atoms with Gasteiger partial charge in [-0.1, -0.05) is 24.3 Å². The topological polar surface area (TPSA) is 70.6 Å². The number of hydrogen-bond acceptors (Lipinski definition) is 4. The molecule has 0 aromatic heterocycles. The maximum absolute atomic E-state index is 12.0. The summed E-state index contributed by atoms with van der Waals surface area (Å²) in [4.78, 5) is 12.0. The maximum atomic E-state index is 12.0. The van der Waals surface area contributed by atoms with Gasteiger partial charge in [-0.2, -0.15) is 0 Å². The van der Waals surface area contributed by atoms with E-state index in [1.807, 2.05) is 39.0 Å². The highest BCUT2D eigenvalue weighted by Gasteiger charge is 2.33. The lowest BCUT2D eigenvalue weighted by Crippen LogP contribution is -2.51. The van der Waals surface area contributed by atoms with Crippen molar-refractivity contribution < 1.29 is 14.6 Å². The molecule has 1 aromatic rings. The van der Waals surface area contributed by atoms with E-state index in [0.717, 1.165) is 37.8 Å². The fourth-order valence-electron chi connectivity index (χ4n) is 3.23. The van der Waals surface area contributed by atoms with Gasteiger partial charge in [-0.25, -0.2) is 4.79 Å². The zero-order valence-electron chi connectivity index (χ0n) is 15.9.